The third-order valence-electron chi connectivity index (χ3n) is 4.00. The van der Waals surface area contributed by atoms with Gasteiger partial charge in [-0.25, -0.2) is 4.98 Å². The van der Waals surface area contributed by atoms with E-state index in [1.165, 1.54) is 4.57 Å². The summed E-state index contributed by atoms with van der Waals surface area (Å²) in [5, 5.41) is 1.26. The Hall–Kier alpha value is -2.51. The highest BCUT2D eigenvalue weighted by atomic mass is 35.5. The quantitative estimate of drug-likeness (QED) is 0.342. The van der Waals surface area contributed by atoms with Gasteiger partial charge in [-0.05, 0) is 49.7 Å². The minimum atomic E-state index is -0.379. The van der Waals surface area contributed by atoms with Crippen LogP contribution in [0.25, 0.3) is 16.6 Å². The Morgan fingerprint density at radius 2 is 2.04 bits per heavy atom. The number of aryl methyl sites for hydroxylation is 1. The Balaban J connectivity index is 2.24. The van der Waals surface area contributed by atoms with Crippen molar-refractivity contribution in [2.75, 3.05) is 19.5 Å². The van der Waals surface area contributed by atoms with Crippen molar-refractivity contribution in [3.63, 3.8) is 0 Å². The van der Waals surface area contributed by atoms with Crippen molar-refractivity contribution in [1.29, 1.82) is 0 Å². The zero-order valence-electron chi connectivity index (χ0n) is 15.7. The maximum absolute atomic E-state index is 13.3. The number of methoxy groups -OCH3 is 1. The first-order chi connectivity index (χ1) is 13.4. The molecule has 0 atom stereocenters. The molecule has 0 radical (unpaired) electrons. The summed E-state index contributed by atoms with van der Waals surface area (Å²) in [6.07, 6.45) is 0. The Bertz CT molecular complexity index is 1100. The summed E-state index contributed by atoms with van der Waals surface area (Å²) in [6, 6.07) is 10.5. The number of benzene rings is 2. The van der Waals surface area contributed by atoms with Gasteiger partial charge in [0.25, 0.3) is 5.56 Å². The van der Waals surface area contributed by atoms with Gasteiger partial charge in [-0.15, -0.1) is 0 Å². The lowest BCUT2D eigenvalue weighted by molar-refractivity contribution is -0.139. The lowest BCUT2D eigenvalue weighted by atomic mass is 10.2. The van der Waals surface area contributed by atoms with E-state index in [1.54, 1.807) is 38.3 Å². The predicted molar refractivity (Wildman–Crippen MR) is 111 cm³/mol. The fraction of sp³-hybridized carbons (Fsp3) is 0.250. The third-order valence-corrected chi connectivity index (χ3v) is 5.15. The number of fused-ring (bicyclic) bond motifs is 1. The molecule has 0 bridgehead atoms. The number of ether oxygens (including phenoxy) is 2. The van der Waals surface area contributed by atoms with E-state index in [0.29, 0.717) is 39.1 Å². The second-order valence-corrected chi connectivity index (χ2v) is 7.34. The molecule has 3 rings (SSSR count). The van der Waals surface area contributed by atoms with Crippen LogP contribution in [0.3, 0.4) is 0 Å². The van der Waals surface area contributed by atoms with Crippen LogP contribution in [0, 0.1) is 6.92 Å². The molecule has 0 saturated heterocycles. The summed E-state index contributed by atoms with van der Waals surface area (Å²) in [4.78, 5) is 29.7. The second-order valence-electron chi connectivity index (χ2n) is 5.97. The molecule has 0 aliphatic heterocycles. The fourth-order valence-electron chi connectivity index (χ4n) is 2.75. The number of nitrogens with zero attached hydrogens (tertiary/aromatic N) is 2. The van der Waals surface area contributed by atoms with Crippen molar-refractivity contribution in [3.05, 3.63) is 57.3 Å². The van der Waals surface area contributed by atoms with E-state index < -0.39 is 0 Å². The lowest BCUT2D eigenvalue weighted by Crippen LogP contribution is -2.23. The van der Waals surface area contributed by atoms with Crippen molar-refractivity contribution in [2.24, 2.45) is 0 Å². The van der Waals surface area contributed by atoms with Gasteiger partial charge < -0.3 is 9.47 Å². The van der Waals surface area contributed by atoms with Gasteiger partial charge in [0.15, 0.2) is 5.16 Å². The largest absolute Gasteiger partial charge is 0.495 e. The van der Waals surface area contributed by atoms with Crippen molar-refractivity contribution in [3.8, 4) is 11.4 Å². The number of hydrogen-bond donors (Lipinski definition) is 0. The average Bonchev–Trinajstić information content (AvgIpc) is 2.66. The summed E-state index contributed by atoms with van der Waals surface area (Å²) < 4.78 is 11.9. The Kier molecular flexibility index (Phi) is 6.26. The van der Waals surface area contributed by atoms with Gasteiger partial charge in [-0.3, -0.25) is 14.2 Å². The highest BCUT2D eigenvalue weighted by molar-refractivity contribution is 7.99. The number of aromatic nitrogens is 2. The fourth-order valence-corrected chi connectivity index (χ4v) is 3.72. The summed E-state index contributed by atoms with van der Waals surface area (Å²) in [5.74, 6) is 0.178. The van der Waals surface area contributed by atoms with E-state index >= 15 is 0 Å². The van der Waals surface area contributed by atoms with Crippen LogP contribution in [-0.4, -0.2) is 35.0 Å². The molecule has 0 unspecified atom stereocenters. The summed E-state index contributed by atoms with van der Waals surface area (Å²) in [5.41, 5.74) is 1.71. The molecule has 3 aromatic rings. The predicted octanol–water partition coefficient (Wildman–Crippen LogP) is 4.01. The van der Waals surface area contributed by atoms with Gasteiger partial charge >= 0.3 is 5.97 Å². The Morgan fingerprint density at radius 1 is 1.25 bits per heavy atom. The normalized spacial score (nSPS) is 10.9. The van der Waals surface area contributed by atoms with Gasteiger partial charge in [0.2, 0.25) is 0 Å². The van der Waals surface area contributed by atoms with Crippen LogP contribution in [0.1, 0.15) is 12.5 Å². The molecule has 0 spiro atoms. The number of esters is 1. The van der Waals surface area contributed by atoms with Crippen LogP contribution in [0.4, 0.5) is 0 Å². The van der Waals surface area contributed by atoms with Crippen LogP contribution in [0.5, 0.6) is 5.75 Å². The molecule has 0 saturated carbocycles. The number of carbonyl (C=O) groups is 1. The molecule has 146 valence electrons. The maximum atomic E-state index is 13.3. The van der Waals surface area contributed by atoms with E-state index in [2.05, 4.69) is 4.98 Å². The van der Waals surface area contributed by atoms with E-state index in [4.69, 9.17) is 21.1 Å². The van der Waals surface area contributed by atoms with Crippen LogP contribution < -0.4 is 10.3 Å². The molecule has 0 aliphatic rings. The van der Waals surface area contributed by atoms with Crippen LogP contribution in [0.15, 0.2) is 46.3 Å². The Morgan fingerprint density at radius 3 is 2.75 bits per heavy atom. The molecule has 0 N–H and O–H groups in total. The van der Waals surface area contributed by atoms with Gasteiger partial charge in [-0.2, -0.15) is 0 Å². The van der Waals surface area contributed by atoms with Gasteiger partial charge in [0.1, 0.15) is 5.75 Å². The van der Waals surface area contributed by atoms with E-state index in [-0.39, 0.29) is 17.3 Å². The van der Waals surface area contributed by atoms with Gasteiger partial charge in [0, 0.05) is 5.02 Å². The Labute approximate surface area is 171 Å². The molecule has 1 heterocycles. The number of hydrogen-bond acceptors (Lipinski definition) is 6. The van der Waals surface area contributed by atoms with Gasteiger partial charge in [-0.1, -0.05) is 29.4 Å². The smallest absolute Gasteiger partial charge is 0.316 e. The molecular weight excluding hydrogens is 400 g/mol. The van der Waals surface area contributed by atoms with Crippen LogP contribution in [-0.2, 0) is 9.53 Å². The van der Waals surface area contributed by atoms with E-state index in [1.807, 2.05) is 19.1 Å². The zero-order valence-corrected chi connectivity index (χ0v) is 17.3. The molecule has 0 amide bonds. The maximum Gasteiger partial charge on any atom is 0.316 e. The zero-order chi connectivity index (χ0) is 20.3. The van der Waals surface area contributed by atoms with E-state index in [0.717, 1.165) is 17.3 Å². The standard InChI is InChI=1S/C20H19ClN2O4S/c1-4-27-18(24)11-28-20-22-15-10-13(21)6-7-14(15)19(25)23(20)16-9-12(2)5-8-17(16)26-3/h5-10H,4,11H2,1-3H3. The minimum absolute atomic E-state index is 0.0283. The van der Waals surface area contributed by atoms with E-state index in [9.17, 15) is 9.59 Å². The molecular formula is C20H19ClN2O4S. The molecule has 1 aromatic heterocycles. The number of carbonyl (C=O) groups excluding carboxylic acids is 1. The summed E-state index contributed by atoms with van der Waals surface area (Å²) in [7, 11) is 1.54. The van der Waals surface area contributed by atoms with Gasteiger partial charge in [0.05, 0.1) is 36.1 Å². The first kappa shape index (κ1) is 20.2. The van der Waals surface area contributed by atoms with Crippen molar-refractivity contribution >= 4 is 40.2 Å². The molecule has 2 aromatic carbocycles. The summed E-state index contributed by atoms with van der Waals surface area (Å²) >= 11 is 7.20. The first-order valence-electron chi connectivity index (χ1n) is 8.60. The van der Waals surface area contributed by atoms with Crippen molar-refractivity contribution < 1.29 is 14.3 Å². The topological polar surface area (TPSA) is 70.4 Å². The minimum Gasteiger partial charge on any atom is -0.495 e. The number of rotatable bonds is 6. The first-order valence-corrected chi connectivity index (χ1v) is 9.96. The van der Waals surface area contributed by atoms with Crippen molar-refractivity contribution in [1.82, 2.24) is 9.55 Å². The molecule has 0 fully saturated rings. The molecule has 8 heteroatoms. The lowest BCUT2D eigenvalue weighted by Gasteiger charge is -2.16. The van der Waals surface area contributed by atoms with Crippen molar-refractivity contribution in [2.45, 2.75) is 19.0 Å². The number of halogens is 1. The monoisotopic (exact) mass is 418 g/mol. The highest BCUT2D eigenvalue weighted by Gasteiger charge is 2.18. The third kappa shape index (κ3) is 4.15. The number of thioether (sulfide) groups is 1. The second kappa shape index (κ2) is 8.67. The molecule has 6 nitrogen and oxygen atoms in total. The molecule has 0 aliphatic carbocycles. The molecule has 28 heavy (non-hydrogen) atoms. The summed E-state index contributed by atoms with van der Waals surface area (Å²) in [6.45, 7) is 3.96. The van der Waals surface area contributed by atoms with Crippen LogP contribution in [0.2, 0.25) is 5.02 Å². The average molecular weight is 419 g/mol. The highest BCUT2D eigenvalue weighted by Crippen LogP contribution is 2.28. The van der Waals surface area contributed by atoms with Crippen LogP contribution >= 0.6 is 23.4 Å². The SMILES string of the molecule is CCOC(=O)CSc1nc2cc(Cl)ccc2c(=O)n1-c1cc(C)ccc1OC.